The van der Waals surface area contributed by atoms with Crippen LogP contribution in [0.3, 0.4) is 0 Å². The molecule has 0 aliphatic rings. The first-order valence-corrected chi connectivity index (χ1v) is 23.1. The summed E-state index contributed by atoms with van der Waals surface area (Å²) in [5.41, 5.74) is 12.2. The molecule has 0 atom stereocenters. The molecule has 0 aliphatic carbocycles. The van der Waals surface area contributed by atoms with Gasteiger partial charge in [-0.15, -0.1) is 0 Å². The van der Waals surface area contributed by atoms with Gasteiger partial charge in [0.05, 0.1) is 83.4 Å². The Morgan fingerprint density at radius 2 is 0.580 bits per heavy atom. The molecule has 318 valence electrons. The van der Waals surface area contributed by atoms with Crippen LogP contribution in [0.15, 0.2) is 211 Å². The highest BCUT2D eigenvalue weighted by molar-refractivity contribution is 6.25. The number of furan rings is 1. The number of fused-ring (bicyclic) bond motifs is 16. The zero-order valence-corrected chi connectivity index (χ0v) is 36.7. The Hall–Kier alpha value is -9.82. The van der Waals surface area contributed by atoms with Crippen LogP contribution in [0.4, 0.5) is 0 Å². The summed E-state index contributed by atoms with van der Waals surface area (Å²) in [5, 5.41) is 34.7. The molecule has 10 aromatic carbocycles. The van der Waals surface area contributed by atoms with Crippen molar-refractivity contribution >= 4 is 109 Å². The Bertz CT molecular complexity index is 4660. The zero-order chi connectivity index (χ0) is 45.5. The van der Waals surface area contributed by atoms with Gasteiger partial charge in [0.2, 0.25) is 0 Å². The van der Waals surface area contributed by atoms with E-state index in [9.17, 15) is 10.5 Å². The normalized spacial score (nSPS) is 12.0. The maximum absolute atomic E-state index is 12.2. The molecule has 0 fully saturated rings. The van der Waals surface area contributed by atoms with Crippen molar-refractivity contribution in [3.05, 3.63) is 217 Å². The molecule has 0 saturated heterocycles. The monoisotopic (exact) mass is 878 g/mol. The number of rotatable bonds is 4. The van der Waals surface area contributed by atoms with Gasteiger partial charge in [0.15, 0.2) is 0 Å². The number of aromatic nitrogens is 4. The fourth-order valence-corrected chi connectivity index (χ4v) is 11.8. The fraction of sp³-hybridized carbons (Fsp3) is 0. The lowest BCUT2D eigenvalue weighted by Gasteiger charge is -2.27. The van der Waals surface area contributed by atoms with Gasteiger partial charge >= 0.3 is 0 Å². The van der Waals surface area contributed by atoms with E-state index in [1.807, 2.05) is 18.2 Å². The van der Waals surface area contributed by atoms with E-state index < -0.39 is 0 Å². The van der Waals surface area contributed by atoms with Crippen LogP contribution in [0.1, 0.15) is 11.1 Å². The second-order valence-electron chi connectivity index (χ2n) is 17.8. The SMILES string of the molecule is N#Cc1c(C#N)c(-n2c3ccccc3c3ccc4oc5ccccc5c4c32)c(-n2c3ccccc3c3ccccc32)c(-n2c3ccccc3c3ccccc32)c1-n1c2ccccc2c2ccccc21. The molecule has 15 aromatic rings. The minimum atomic E-state index is 0.253. The highest BCUT2D eigenvalue weighted by Gasteiger charge is 2.35. The van der Waals surface area contributed by atoms with Crippen molar-refractivity contribution in [2.24, 2.45) is 0 Å². The van der Waals surface area contributed by atoms with Crippen LogP contribution in [0, 0.1) is 22.7 Å². The summed E-state index contributed by atoms with van der Waals surface area (Å²) in [6, 6.07) is 77.1. The van der Waals surface area contributed by atoms with Gasteiger partial charge in [-0.25, -0.2) is 0 Å². The molecular weight excluding hydrogens is 845 g/mol. The summed E-state index contributed by atoms with van der Waals surface area (Å²) in [6.45, 7) is 0. The molecule has 0 N–H and O–H groups in total. The highest BCUT2D eigenvalue weighted by Crippen LogP contribution is 2.50. The van der Waals surface area contributed by atoms with E-state index in [0.717, 1.165) is 121 Å². The van der Waals surface area contributed by atoms with Gasteiger partial charge < -0.3 is 22.7 Å². The molecule has 7 nitrogen and oxygen atoms in total. The Labute approximate surface area is 392 Å². The number of hydrogen-bond acceptors (Lipinski definition) is 3. The van der Waals surface area contributed by atoms with Crippen LogP contribution in [-0.4, -0.2) is 18.3 Å². The molecule has 0 aliphatic heterocycles. The maximum atomic E-state index is 12.2. The topological polar surface area (TPSA) is 80.4 Å². The molecular formula is C62H34N6O. The van der Waals surface area contributed by atoms with Crippen LogP contribution in [0.25, 0.3) is 132 Å². The molecule has 69 heavy (non-hydrogen) atoms. The molecule has 15 rings (SSSR count). The second-order valence-corrected chi connectivity index (χ2v) is 17.8. The Morgan fingerprint density at radius 3 is 0.971 bits per heavy atom. The van der Waals surface area contributed by atoms with E-state index >= 15 is 0 Å². The summed E-state index contributed by atoms with van der Waals surface area (Å²) in [6.07, 6.45) is 0. The maximum Gasteiger partial charge on any atom is 0.137 e. The summed E-state index contributed by atoms with van der Waals surface area (Å²) < 4.78 is 15.9. The third-order valence-electron chi connectivity index (χ3n) is 14.4. The van der Waals surface area contributed by atoms with E-state index in [2.05, 4.69) is 218 Å². The summed E-state index contributed by atoms with van der Waals surface area (Å²) in [5.74, 6) is 0. The predicted molar refractivity (Wildman–Crippen MR) is 281 cm³/mol. The largest absolute Gasteiger partial charge is 0.456 e. The lowest BCUT2D eigenvalue weighted by Crippen LogP contribution is -2.17. The van der Waals surface area contributed by atoms with Crippen LogP contribution in [0.5, 0.6) is 0 Å². The number of nitriles is 2. The van der Waals surface area contributed by atoms with Crippen molar-refractivity contribution < 1.29 is 4.42 Å². The van der Waals surface area contributed by atoms with E-state index in [4.69, 9.17) is 4.42 Å². The molecule has 5 aromatic heterocycles. The first kappa shape index (κ1) is 37.4. The summed E-state index contributed by atoms with van der Waals surface area (Å²) >= 11 is 0. The number of benzene rings is 10. The molecule has 0 radical (unpaired) electrons. The Kier molecular flexibility index (Phi) is 7.51. The van der Waals surface area contributed by atoms with E-state index in [-0.39, 0.29) is 11.1 Å². The quantitative estimate of drug-likeness (QED) is 0.177. The van der Waals surface area contributed by atoms with Crippen LogP contribution in [0.2, 0.25) is 0 Å². The third kappa shape index (κ3) is 4.82. The van der Waals surface area contributed by atoms with Crippen molar-refractivity contribution in [1.29, 1.82) is 10.5 Å². The average Bonchev–Trinajstić information content (AvgIpc) is 4.21. The molecule has 0 bridgehead atoms. The van der Waals surface area contributed by atoms with Gasteiger partial charge in [-0.3, -0.25) is 0 Å². The fourth-order valence-electron chi connectivity index (χ4n) is 11.8. The minimum absolute atomic E-state index is 0.253. The molecule has 7 heteroatoms. The third-order valence-corrected chi connectivity index (χ3v) is 14.4. The smallest absolute Gasteiger partial charge is 0.137 e. The van der Waals surface area contributed by atoms with E-state index in [0.29, 0.717) is 11.4 Å². The number of hydrogen-bond donors (Lipinski definition) is 0. The molecule has 0 unspecified atom stereocenters. The van der Waals surface area contributed by atoms with Gasteiger partial charge in [-0.2, -0.15) is 10.5 Å². The first-order chi connectivity index (χ1) is 34.2. The average molecular weight is 879 g/mol. The van der Waals surface area contributed by atoms with Gasteiger partial charge in [-0.05, 0) is 60.7 Å². The first-order valence-electron chi connectivity index (χ1n) is 23.1. The lowest BCUT2D eigenvalue weighted by atomic mass is 9.98. The predicted octanol–water partition coefficient (Wildman–Crippen LogP) is 15.7. The minimum Gasteiger partial charge on any atom is -0.456 e. The standard InChI is InChI=1S/C62H34N6O/c63-35-46-47(36-64)60(68-54-31-15-7-23-43(54)44-33-34-56-57(58(44)68)45-24-8-16-32-55(45)69-56)62(67-52-29-13-5-21-41(52)42-22-6-14-30-53(42)67)61(66-50-27-11-3-19-39(50)40-20-4-12-28-51(40)66)59(46)65-48-25-9-1-17-37(48)38-18-2-10-26-49(38)65/h1-34H. The highest BCUT2D eigenvalue weighted by atomic mass is 16.3. The van der Waals surface area contributed by atoms with Crippen LogP contribution < -0.4 is 0 Å². The van der Waals surface area contributed by atoms with E-state index in [1.54, 1.807) is 0 Å². The van der Waals surface area contributed by atoms with Crippen molar-refractivity contribution in [2.75, 3.05) is 0 Å². The Morgan fingerprint density at radius 1 is 0.275 bits per heavy atom. The molecule has 5 heterocycles. The van der Waals surface area contributed by atoms with Crippen LogP contribution >= 0.6 is 0 Å². The summed E-state index contributed by atoms with van der Waals surface area (Å²) in [4.78, 5) is 0. The summed E-state index contributed by atoms with van der Waals surface area (Å²) in [7, 11) is 0. The van der Waals surface area contributed by atoms with Crippen molar-refractivity contribution in [3.8, 4) is 34.9 Å². The van der Waals surface area contributed by atoms with E-state index in [1.165, 1.54) is 0 Å². The van der Waals surface area contributed by atoms with Gasteiger partial charge in [0, 0.05) is 48.5 Å². The van der Waals surface area contributed by atoms with Gasteiger partial charge in [-0.1, -0.05) is 146 Å². The van der Waals surface area contributed by atoms with Gasteiger partial charge in [0.25, 0.3) is 0 Å². The van der Waals surface area contributed by atoms with Crippen molar-refractivity contribution in [2.45, 2.75) is 0 Å². The number of para-hydroxylation sites is 8. The van der Waals surface area contributed by atoms with Crippen molar-refractivity contribution in [1.82, 2.24) is 18.3 Å². The van der Waals surface area contributed by atoms with Gasteiger partial charge in [0.1, 0.15) is 23.3 Å². The molecule has 0 saturated carbocycles. The lowest BCUT2D eigenvalue weighted by molar-refractivity contribution is 0.669. The molecule has 0 amide bonds. The molecule has 0 spiro atoms. The van der Waals surface area contributed by atoms with Crippen LogP contribution in [-0.2, 0) is 0 Å². The second kappa shape index (κ2) is 13.9. The number of nitrogens with zero attached hydrogens (tertiary/aromatic N) is 6. The van der Waals surface area contributed by atoms with Crippen molar-refractivity contribution in [3.63, 3.8) is 0 Å². The Balaban J connectivity index is 1.32. The zero-order valence-electron chi connectivity index (χ0n) is 36.7.